The van der Waals surface area contributed by atoms with E-state index < -0.39 is 0 Å². The fourth-order valence-corrected chi connectivity index (χ4v) is 1.24. The van der Waals surface area contributed by atoms with E-state index in [4.69, 9.17) is 11.0 Å². The Labute approximate surface area is 77.4 Å². The van der Waals surface area contributed by atoms with Gasteiger partial charge in [-0.05, 0) is 30.2 Å². The molecule has 0 saturated heterocycles. The number of phenols is 1. The number of nitriles is 1. The number of hydrogen-bond donors (Lipinski definition) is 2. The van der Waals surface area contributed by atoms with Gasteiger partial charge in [0.25, 0.3) is 0 Å². The zero-order valence-electron chi connectivity index (χ0n) is 7.49. The number of aryl methyl sites for hydroxylation is 1. The summed E-state index contributed by atoms with van der Waals surface area (Å²) in [5.41, 5.74) is 7.58. The number of rotatable bonds is 2. The molecule has 1 atom stereocenters. The third-order valence-electron chi connectivity index (χ3n) is 1.97. The minimum Gasteiger partial charge on any atom is -0.508 e. The van der Waals surface area contributed by atoms with Crippen molar-refractivity contribution in [3.8, 4) is 11.8 Å². The molecule has 13 heavy (non-hydrogen) atoms. The minimum absolute atomic E-state index is 0.189. The van der Waals surface area contributed by atoms with Crippen LogP contribution in [-0.4, -0.2) is 5.11 Å². The summed E-state index contributed by atoms with van der Waals surface area (Å²) in [4.78, 5) is 0. The highest BCUT2D eigenvalue weighted by Gasteiger charge is 2.08. The molecule has 0 saturated carbocycles. The molecule has 0 spiro atoms. The molecule has 3 heteroatoms. The average Bonchev–Trinajstić information content (AvgIpc) is 2.09. The first-order valence-corrected chi connectivity index (χ1v) is 4.07. The van der Waals surface area contributed by atoms with Gasteiger partial charge in [-0.15, -0.1) is 0 Å². The zero-order chi connectivity index (χ0) is 9.84. The van der Waals surface area contributed by atoms with Crippen molar-refractivity contribution in [1.29, 1.82) is 5.26 Å². The smallest absolute Gasteiger partial charge is 0.115 e. The summed E-state index contributed by atoms with van der Waals surface area (Å²) in [5, 5.41) is 17.7. The number of phenolic OH excluding ortho intramolecular Hbond substituents is 1. The summed E-state index contributed by atoms with van der Waals surface area (Å²) in [5.74, 6) is 0.189. The van der Waals surface area contributed by atoms with Gasteiger partial charge in [0.1, 0.15) is 5.75 Å². The maximum atomic E-state index is 9.22. The Morgan fingerprint density at radius 2 is 2.31 bits per heavy atom. The van der Waals surface area contributed by atoms with Gasteiger partial charge in [-0.3, -0.25) is 0 Å². The van der Waals surface area contributed by atoms with Gasteiger partial charge in [0, 0.05) is 6.04 Å². The molecular weight excluding hydrogens is 164 g/mol. The first kappa shape index (κ1) is 9.56. The van der Waals surface area contributed by atoms with Crippen LogP contribution in [0, 0.1) is 18.3 Å². The second-order valence-electron chi connectivity index (χ2n) is 3.01. The fraction of sp³-hybridized carbons (Fsp3) is 0.300. The molecule has 0 fully saturated rings. The Morgan fingerprint density at radius 1 is 1.62 bits per heavy atom. The molecule has 0 aliphatic carbocycles. The summed E-state index contributed by atoms with van der Waals surface area (Å²) in [7, 11) is 0. The zero-order valence-corrected chi connectivity index (χ0v) is 7.49. The average molecular weight is 176 g/mol. The highest BCUT2D eigenvalue weighted by Crippen LogP contribution is 2.22. The Bertz CT molecular complexity index is 341. The standard InChI is InChI=1S/C10H12N2O/c1-7-2-3-8(13)6-9(7)10(12)4-5-11/h2-3,6,10,13H,4,12H2,1H3/t10-/m1/s1. The van der Waals surface area contributed by atoms with Gasteiger partial charge < -0.3 is 10.8 Å². The SMILES string of the molecule is Cc1ccc(O)cc1[C@H](N)CC#N. The lowest BCUT2D eigenvalue weighted by molar-refractivity contribution is 0.473. The monoisotopic (exact) mass is 176 g/mol. The first-order valence-electron chi connectivity index (χ1n) is 4.07. The van der Waals surface area contributed by atoms with Crippen LogP contribution >= 0.6 is 0 Å². The second kappa shape index (κ2) is 3.92. The molecule has 68 valence electrons. The highest BCUT2D eigenvalue weighted by atomic mass is 16.3. The Hall–Kier alpha value is -1.53. The maximum absolute atomic E-state index is 9.22. The van der Waals surface area contributed by atoms with E-state index >= 15 is 0 Å². The van der Waals surface area contributed by atoms with Gasteiger partial charge >= 0.3 is 0 Å². The summed E-state index contributed by atoms with van der Waals surface area (Å²) in [6.45, 7) is 1.91. The van der Waals surface area contributed by atoms with Crippen LogP contribution in [0.3, 0.4) is 0 Å². The molecule has 0 radical (unpaired) electrons. The third kappa shape index (κ3) is 2.20. The molecule has 3 nitrogen and oxygen atoms in total. The third-order valence-corrected chi connectivity index (χ3v) is 1.97. The molecule has 1 rings (SSSR count). The summed E-state index contributed by atoms with van der Waals surface area (Å²) in [6, 6.07) is 6.71. The number of nitrogens with zero attached hydrogens (tertiary/aromatic N) is 1. The van der Waals surface area contributed by atoms with Crippen LogP contribution in [0.2, 0.25) is 0 Å². The van der Waals surface area contributed by atoms with E-state index in [0.717, 1.165) is 11.1 Å². The van der Waals surface area contributed by atoms with Crippen LogP contribution in [0.5, 0.6) is 5.75 Å². The van der Waals surface area contributed by atoms with E-state index in [9.17, 15) is 5.11 Å². The number of aromatic hydroxyl groups is 1. The predicted molar refractivity (Wildman–Crippen MR) is 50.0 cm³/mol. The second-order valence-corrected chi connectivity index (χ2v) is 3.01. The molecule has 0 aromatic heterocycles. The van der Waals surface area contributed by atoms with Crippen molar-refractivity contribution in [3.05, 3.63) is 29.3 Å². The van der Waals surface area contributed by atoms with E-state index in [0.29, 0.717) is 0 Å². The van der Waals surface area contributed by atoms with Crippen LogP contribution in [0.25, 0.3) is 0 Å². The molecule has 1 aromatic rings. The van der Waals surface area contributed by atoms with E-state index in [1.165, 1.54) is 0 Å². The summed E-state index contributed by atoms with van der Waals surface area (Å²) < 4.78 is 0. The van der Waals surface area contributed by atoms with Crippen molar-refractivity contribution in [2.45, 2.75) is 19.4 Å². The van der Waals surface area contributed by atoms with Gasteiger partial charge in [-0.1, -0.05) is 6.07 Å². The van der Waals surface area contributed by atoms with E-state index in [2.05, 4.69) is 0 Å². The van der Waals surface area contributed by atoms with Crippen LogP contribution in [0.15, 0.2) is 18.2 Å². The Morgan fingerprint density at radius 3 is 2.92 bits per heavy atom. The van der Waals surface area contributed by atoms with Gasteiger partial charge in [0.05, 0.1) is 12.5 Å². The van der Waals surface area contributed by atoms with Crippen LogP contribution in [0.4, 0.5) is 0 Å². The van der Waals surface area contributed by atoms with Crippen molar-refractivity contribution in [2.24, 2.45) is 5.73 Å². The van der Waals surface area contributed by atoms with Crippen LogP contribution in [-0.2, 0) is 0 Å². The quantitative estimate of drug-likeness (QED) is 0.719. The predicted octanol–water partition coefficient (Wildman–Crippen LogP) is 1.61. The topological polar surface area (TPSA) is 70.0 Å². The molecule has 0 unspecified atom stereocenters. The lowest BCUT2D eigenvalue weighted by Gasteiger charge is -2.11. The van der Waals surface area contributed by atoms with E-state index in [-0.39, 0.29) is 18.2 Å². The summed E-state index contributed by atoms with van der Waals surface area (Å²) >= 11 is 0. The molecule has 0 aliphatic rings. The molecule has 0 heterocycles. The molecule has 1 aromatic carbocycles. The number of hydrogen-bond acceptors (Lipinski definition) is 3. The largest absolute Gasteiger partial charge is 0.508 e. The molecule has 0 amide bonds. The number of nitrogens with two attached hydrogens (primary N) is 1. The van der Waals surface area contributed by atoms with Crippen LogP contribution in [0.1, 0.15) is 23.6 Å². The fourth-order valence-electron chi connectivity index (χ4n) is 1.24. The van der Waals surface area contributed by atoms with Crippen molar-refractivity contribution >= 4 is 0 Å². The van der Waals surface area contributed by atoms with Gasteiger partial charge in [0.15, 0.2) is 0 Å². The number of benzene rings is 1. The van der Waals surface area contributed by atoms with Gasteiger partial charge in [0.2, 0.25) is 0 Å². The van der Waals surface area contributed by atoms with E-state index in [1.54, 1.807) is 18.2 Å². The van der Waals surface area contributed by atoms with Crippen molar-refractivity contribution < 1.29 is 5.11 Å². The maximum Gasteiger partial charge on any atom is 0.115 e. The summed E-state index contributed by atoms with van der Waals surface area (Å²) in [6.07, 6.45) is 0.268. The lowest BCUT2D eigenvalue weighted by atomic mass is 10.00. The van der Waals surface area contributed by atoms with Gasteiger partial charge in [-0.2, -0.15) is 5.26 Å². The van der Waals surface area contributed by atoms with Crippen molar-refractivity contribution in [3.63, 3.8) is 0 Å². The molecule has 0 aliphatic heterocycles. The van der Waals surface area contributed by atoms with Crippen LogP contribution < -0.4 is 5.73 Å². The normalized spacial score (nSPS) is 12.1. The Kier molecular flexibility index (Phi) is 2.88. The first-order chi connectivity index (χ1) is 6.15. The van der Waals surface area contributed by atoms with Gasteiger partial charge in [-0.25, -0.2) is 0 Å². The van der Waals surface area contributed by atoms with Crippen molar-refractivity contribution in [2.75, 3.05) is 0 Å². The molecule has 0 bridgehead atoms. The molecular formula is C10H12N2O. The Balaban J connectivity index is 3.00. The minimum atomic E-state index is -0.308. The molecule has 3 N–H and O–H groups in total. The highest BCUT2D eigenvalue weighted by molar-refractivity contribution is 5.36. The van der Waals surface area contributed by atoms with E-state index in [1.807, 2.05) is 13.0 Å². The van der Waals surface area contributed by atoms with Crippen molar-refractivity contribution in [1.82, 2.24) is 0 Å². The lowest BCUT2D eigenvalue weighted by Crippen LogP contribution is -2.10.